The van der Waals surface area contributed by atoms with Crippen molar-refractivity contribution in [3.8, 4) is 0 Å². The quantitative estimate of drug-likeness (QED) is 0.534. The predicted molar refractivity (Wildman–Crippen MR) is 44.4 cm³/mol. The third-order valence-electron chi connectivity index (χ3n) is 1.31. The normalized spacial score (nSPS) is 11.5. The molecule has 1 aromatic heterocycles. The van der Waals surface area contributed by atoms with Crippen LogP contribution in [0.25, 0.3) is 0 Å². The van der Waals surface area contributed by atoms with Gasteiger partial charge in [0.25, 0.3) is 9.05 Å². The molecule has 0 saturated heterocycles. The maximum atomic E-state index is 10.8. The molecule has 1 heterocycles. The first-order valence-electron chi connectivity index (χ1n) is 3.29. The number of hydrogen-bond acceptors (Lipinski definition) is 4. The van der Waals surface area contributed by atoms with E-state index in [0.717, 1.165) is 0 Å². The molecule has 0 atom stereocenters. The van der Waals surface area contributed by atoms with E-state index in [1.54, 1.807) is 0 Å². The maximum Gasteiger partial charge on any atom is 0.278 e. The molecule has 0 bridgehead atoms. The van der Waals surface area contributed by atoms with E-state index in [2.05, 4.69) is 9.97 Å². The van der Waals surface area contributed by atoms with Gasteiger partial charge in [-0.1, -0.05) is 6.92 Å². The second kappa shape index (κ2) is 3.37. The molecule has 0 aliphatic rings. The summed E-state index contributed by atoms with van der Waals surface area (Å²) in [5.74, 6) is 0. The molecule has 0 saturated carbocycles. The molecular formula is C6H7ClN2O2S. The van der Waals surface area contributed by atoms with Crippen LogP contribution in [0.4, 0.5) is 0 Å². The Morgan fingerprint density at radius 1 is 1.50 bits per heavy atom. The molecule has 66 valence electrons. The molecule has 0 aliphatic carbocycles. The molecule has 0 fully saturated rings. The molecule has 0 radical (unpaired) electrons. The predicted octanol–water partition coefficient (Wildman–Crippen LogP) is 0.966. The number of nitrogens with zero attached hydrogens (tertiary/aromatic N) is 2. The van der Waals surface area contributed by atoms with Crippen LogP contribution in [0, 0.1) is 0 Å². The summed E-state index contributed by atoms with van der Waals surface area (Å²) >= 11 is 0. The van der Waals surface area contributed by atoms with Crippen LogP contribution in [0.2, 0.25) is 0 Å². The molecule has 0 spiro atoms. The lowest BCUT2D eigenvalue weighted by molar-refractivity contribution is 0.605. The van der Waals surface area contributed by atoms with Crippen molar-refractivity contribution in [2.45, 2.75) is 18.4 Å². The zero-order chi connectivity index (χ0) is 9.19. The van der Waals surface area contributed by atoms with E-state index >= 15 is 0 Å². The highest BCUT2D eigenvalue weighted by molar-refractivity contribution is 8.13. The fourth-order valence-electron chi connectivity index (χ4n) is 0.704. The van der Waals surface area contributed by atoms with Gasteiger partial charge in [0.15, 0.2) is 5.03 Å². The Morgan fingerprint density at radius 3 is 2.67 bits per heavy atom. The Morgan fingerprint density at radius 2 is 2.17 bits per heavy atom. The van der Waals surface area contributed by atoms with Crippen molar-refractivity contribution >= 4 is 19.7 Å². The van der Waals surface area contributed by atoms with Gasteiger partial charge >= 0.3 is 0 Å². The highest BCUT2D eigenvalue weighted by Crippen LogP contribution is 2.11. The molecule has 12 heavy (non-hydrogen) atoms. The lowest BCUT2D eigenvalue weighted by Crippen LogP contribution is -1.98. The van der Waals surface area contributed by atoms with Crippen LogP contribution < -0.4 is 0 Å². The van der Waals surface area contributed by atoms with Gasteiger partial charge < -0.3 is 0 Å². The molecule has 1 rings (SSSR count). The summed E-state index contributed by atoms with van der Waals surface area (Å²) < 4.78 is 21.6. The van der Waals surface area contributed by atoms with E-state index in [0.29, 0.717) is 12.1 Å². The summed E-state index contributed by atoms with van der Waals surface area (Å²) in [6, 6.07) is 1.36. The first kappa shape index (κ1) is 9.41. The first-order chi connectivity index (χ1) is 5.54. The maximum absolute atomic E-state index is 10.8. The van der Waals surface area contributed by atoms with Crippen LogP contribution in [-0.4, -0.2) is 18.4 Å². The third kappa shape index (κ3) is 2.15. The number of halogens is 1. The van der Waals surface area contributed by atoms with Crippen LogP contribution in [0.15, 0.2) is 17.4 Å². The summed E-state index contributed by atoms with van der Waals surface area (Å²) in [7, 11) is 1.36. The Kier molecular flexibility index (Phi) is 2.64. The number of rotatable bonds is 2. The summed E-state index contributed by atoms with van der Waals surface area (Å²) in [5.41, 5.74) is 0.657. The van der Waals surface area contributed by atoms with Crippen molar-refractivity contribution in [1.29, 1.82) is 0 Å². The Bertz CT molecular complexity index is 377. The third-order valence-corrected chi connectivity index (χ3v) is 2.51. The fraction of sp³-hybridized carbons (Fsp3) is 0.333. The number of aryl methyl sites for hydroxylation is 1. The minimum Gasteiger partial charge on any atom is -0.241 e. The van der Waals surface area contributed by atoms with E-state index in [9.17, 15) is 8.42 Å². The lowest BCUT2D eigenvalue weighted by Gasteiger charge is -1.96. The molecule has 6 heteroatoms. The highest BCUT2D eigenvalue weighted by atomic mass is 35.7. The monoisotopic (exact) mass is 206 g/mol. The number of hydrogen-bond donors (Lipinski definition) is 0. The minimum atomic E-state index is -3.71. The Hall–Kier alpha value is -0.680. The molecule has 4 nitrogen and oxygen atoms in total. The van der Waals surface area contributed by atoms with Gasteiger partial charge in [-0.25, -0.2) is 18.4 Å². The fourth-order valence-corrected chi connectivity index (χ4v) is 1.41. The van der Waals surface area contributed by atoms with E-state index in [1.807, 2.05) is 6.92 Å². The second-order valence-electron chi connectivity index (χ2n) is 2.14. The second-order valence-corrected chi connectivity index (χ2v) is 4.65. The molecule has 0 aliphatic heterocycles. The SMILES string of the molecule is CCc1cc(S(=O)(=O)Cl)ncn1. The van der Waals surface area contributed by atoms with Gasteiger partial charge in [-0.2, -0.15) is 0 Å². The van der Waals surface area contributed by atoms with E-state index < -0.39 is 9.05 Å². The smallest absolute Gasteiger partial charge is 0.241 e. The topological polar surface area (TPSA) is 59.9 Å². The summed E-state index contributed by atoms with van der Waals surface area (Å²) in [6.45, 7) is 1.87. The van der Waals surface area contributed by atoms with Crippen molar-refractivity contribution in [2.75, 3.05) is 0 Å². The molecule has 0 N–H and O–H groups in total. The van der Waals surface area contributed by atoms with Crippen molar-refractivity contribution in [1.82, 2.24) is 9.97 Å². The first-order valence-corrected chi connectivity index (χ1v) is 5.60. The van der Waals surface area contributed by atoms with Crippen molar-refractivity contribution < 1.29 is 8.42 Å². The van der Waals surface area contributed by atoms with Crippen molar-refractivity contribution in [2.24, 2.45) is 0 Å². The van der Waals surface area contributed by atoms with Crippen LogP contribution in [0.5, 0.6) is 0 Å². The molecule has 1 aromatic rings. The van der Waals surface area contributed by atoms with Crippen LogP contribution in [0.1, 0.15) is 12.6 Å². The minimum absolute atomic E-state index is 0.143. The summed E-state index contributed by atoms with van der Waals surface area (Å²) in [6.07, 6.45) is 1.84. The van der Waals surface area contributed by atoms with Crippen LogP contribution in [-0.2, 0) is 15.5 Å². The van der Waals surface area contributed by atoms with Crippen molar-refractivity contribution in [3.63, 3.8) is 0 Å². The summed E-state index contributed by atoms with van der Waals surface area (Å²) in [5, 5.41) is -0.143. The Balaban J connectivity index is 3.20. The Labute approximate surface area is 75.0 Å². The lowest BCUT2D eigenvalue weighted by atomic mass is 10.3. The standard InChI is InChI=1S/C6H7ClN2O2S/c1-2-5-3-6(9-4-8-5)12(7,10)11/h3-4H,2H2,1H3. The summed E-state index contributed by atoms with van der Waals surface area (Å²) in [4.78, 5) is 7.36. The van der Waals surface area contributed by atoms with Gasteiger partial charge in [0.2, 0.25) is 0 Å². The van der Waals surface area contributed by atoms with Gasteiger partial charge in [0, 0.05) is 16.4 Å². The van der Waals surface area contributed by atoms with Crippen LogP contribution >= 0.6 is 10.7 Å². The molecule has 0 unspecified atom stereocenters. The molecule has 0 aromatic carbocycles. The van der Waals surface area contributed by atoms with Crippen LogP contribution in [0.3, 0.4) is 0 Å². The van der Waals surface area contributed by atoms with E-state index in [4.69, 9.17) is 10.7 Å². The van der Waals surface area contributed by atoms with Gasteiger partial charge in [-0.3, -0.25) is 0 Å². The molecule has 0 amide bonds. The largest absolute Gasteiger partial charge is 0.278 e. The van der Waals surface area contributed by atoms with E-state index in [-0.39, 0.29) is 5.03 Å². The zero-order valence-corrected chi connectivity index (χ0v) is 7.93. The average Bonchev–Trinajstić information content (AvgIpc) is 2.03. The van der Waals surface area contributed by atoms with Gasteiger partial charge in [-0.15, -0.1) is 0 Å². The van der Waals surface area contributed by atoms with Gasteiger partial charge in [-0.05, 0) is 12.5 Å². The number of aromatic nitrogens is 2. The average molecular weight is 207 g/mol. The van der Waals surface area contributed by atoms with Crippen molar-refractivity contribution in [3.05, 3.63) is 18.1 Å². The van der Waals surface area contributed by atoms with Gasteiger partial charge in [0.1, 0.15) is 6.33 Å². The van der Waals surface area contributed by atoms with Gasteiger partial charge in [0.05, 0.1) is 0 Å². The van der Waals surface area contributed by atoms with E-state index in [1.165, 1.54) is 12.4 Å². The highest BCUT2D eigenvalue weighted by Gasteiger charge is 2.11. The zero-order valence-electron chi connectivity index (χ0n) is 6.36. The molecular weight excluding hydrogens is 200 g/mol.